The summed E-state index contributed by atoms with van der Waals surface area (Å²) in [5, 5.41) is 15.7. The summed E-state index contributed by atoms with van der Waals surface area (Å²) in [4.78, 5) is 22.5. The lowest BCUT2D eigenvalue weighted by molar-refractivity contribution is 0.101. The number of rotatable bonds is 3. The first-order valence-corrected chi connectivity index (χ1v) is 5.43. The number of amides is 1. The van der Waals surface area contributed by atoms with E-state index in [-0.39, 0.29) is 17.3 Å². The van der Waals surface area contributed by atoms with Crippen LogP contribution in [0.4, 0.5) is 6.01 Å². The van der Waals surface area contributed by atoms with Crippen LogP contribution in [0.1, 0.15) is 35.1 Å². The molecule has 2 aromatic rings. The fourth-order valence-electron chi connectivity index (χ4n) is 1.41. The van der Waals surface area contributed by atoms with Crippen molar-refractivity contribution >= 4 is 11.9 Å². The normalized spacial score (nSPS) is 14.4. The van der Waals surface area contributed by atoms with Crippen molar-refractivity contribution in [3.8, 4) is 0 Å². The molecule has 0 spiro atoms. The lowest BCUT2D eigenvalue weighted by Gasteiger charge is -1.97. The second kappa shape index (κ2) is 4.06. The topological polar surface area (TPSA) is 114 Å². The molecule has 2 N–H and O–H groups in total. The quantitative estimate of drug-likeness (QED) is 0.805. The first-order valence-electron chi connectivity index (χ1n) is 5.43. The third-order valence-corrected chi connectivity index (χ3v) is 2.50. The van der Waals surface area contributed by atoms with Crippen molar-refractivity contribution in [1.82, 2.24) is 20.4 Å². The molecular formula is C10H9N5O3. The van der Waals surface area contributed by atoms with E-state index in [1.807, 2.05) is 0 Å². The number of H-pyrrole nitrogens is 1. The first kappa shape index (κ1) is 10.6. The van der Waals surface area contributed by atoms with Gasteiger partial charge in [-0.15, -0.1) is 5.10 Å². The third kappa shape index (κ3) is 2.12. The van der Waals surface area contributed by atoms with E-state index in [0.29, 0.717) is 11.8 Å². The number of carbonyl (C=O) groups excluding carboxylic acids is 1. The number of aromatic amines is 1. The van der Waals surface area contributed by atoms with Gasteiger partial charge in [0.2, 0.25) is 5.89 Å². The van der Waals surface area contributed by atoms with Crippen molar-refractivity contribution in [3.63, 3.8) is 0 Å². The second-order valence-electron chi connectivity index (χ2n) is 3.98. The van der Waals surface area contributed by atoms with Crippen LogP contribution in [0, 0.1) is 0 Å². The molecule has 8 nitrogen and oxygen atoms in total. The van der Waals surface area contributed by atoms with Crippen molar-refractivity contribution < 1.29 is 9.21 Å². The van der Waals surface area contributed by atoms with Crippen molar-refractivity contribution in [2.45, 2.75) is 18.8 Å². The highest BCUT2D eigenvalue weighted by atomic mass is 16.4. The average Bonchev–Trinajstić information content (AvgIpc) is 3.11. The Morgan fingerprint density at radius 3 is 2.89 bits per heavy atom. The predicted octanol–water partition coefficient (Wildman–Crippen LogP) is 0.283. The van der Waals surface area contributed by atoms with Gasteiger partial charge in [0.1, 0.15) is 5.69 Å². The highest BCUT2D eigenvalue weighted by Crippen LogP contribution is 2.39. The molecule has 18 heavy (non-hydrogen) atoms. The van der Waals surface area contributed by atoms with Gasteiger partial charge in [0.25, 0.3) is 11.5 Å². The Bertz CT molecular complexity index is 622. The van der Waals surface area contributed by atoms with E-state index in [9.17, 15) is 9.59 Å². The molecule has 2 heterocycles. The van der Waals surface area contributed by atoms with Crippen LogP contribution < -0.4 is 10.9 Å². The van der Waals surface area contributed by atoms with Crippen LogP contribution in [0.3, 0.4) is 0 Å². The maximum absolute atomic E-state index is 11.7. The van der Waals surface area contributed by atoms with Crippen LogP contribution in [0.25, 0.3) is 0 Å². The van der Waals surface area contributed by atoms with Gasteiger partial charge in [0.15, 0.2) is 0 Å². The molecule has 1 fully saturated rings. The monoisotopic (exact) mass is 247 g/mol. The zero-order valence-corrected chi connectivity index (χ0v) is 9.21. The summed E-state index contributed by atoms with van der Waals surface area (Å²) < 4.78 is 5.27. The van der Waals surface area contributed by atoms with Crippen LogP contribution in [0.2, 0.25) is 0 Å². The fraction of sp³-hybridized carbons (Fsp3) is 0.300. The molecule has 8 heteroatoms. The van der Waals surface area contributed by atoms with Gasteiger partial charge in [-0.1, -0.05) is 5.10 Å². The van der Waals surface area contributed by atoms with Crippen molar-refractivity contribution in [2.75, 3.05) is 5.32 Å². The Morgan fingerprint density at radius 1 is 1.39 bits per heavy atom. The molecule has 3 rings (SSSR count). The Hall–Kier alpha value is -2.51. The minimum absolute atomic E-state index is 0.0369. The summed E-state index contributed by atoms with van der Waals surface area (Å²) in [5.74, 6) is 0.353. The minimum atomic E-state index is -0.516. The molecule has 0 saturated heterocycles. The largest absolute Gasteiger partial charge is 0.408 e. The van der Waals surface area contributed by atoms with Gasteiger partial charge in [-0.2, -0.15) is 5.10 Å². The standard InChI is InChI=1S/C10H9N5O3/c16-7-4-3-6(12-13-7)8(17)11-10-15-14-9(18-10)5-1-2-5/h3-5H,1-2H2,(H,13,16)(H,11,15,17). The van der Waals surface area contributed by atoms with Crippen LogP contribution in [-0.4, -0.2) is 26.3 Å². The van der Waals surface area contributed by atoms with E-state index in [1.54, 1.807) is 0 Å². The molecule has 0 bridgehead atoms. The predicted molar refractivity (Wildman–Crippen MR) is 59.1 cm³/mol. The molecule has 92 valence electrons. The minimum Gasteiger partial charge on any atom is -0.408 e. The highest BCUT2D eigenvalue weighted by molar-refractivity contribution is 6.01. The smallest absolute Gasteiger partial charge is 0.322 e. The van der Waals surface area contributed by atoms with E-state index in [4.69, 9.17) is 4.42 Å². The Kier molecular flexibility index (Phi) is 2.40. The van der Waals surface area contributed by atoms with Gasteiger partial charge < -0.3 is 4.42 Å². The van der Waals surface area contributed by atoms with Crippen LogP contribution >= 0.6 is 0 Å². The van der Waals surface area contributed by atoms with E-state index in [1.165, 1.54) is 12.1 Å². The summed E-state index contributed by atoms with van der Waals surface area (Å²) in [7, 11) is 0. The molecule has 0 atom stereocenters. The average molecular weight is 247 g/mol. The Morgan fingerprint density at radius 2 is 2.22 bits per heavy atom. The number of carbonyl (C=O) groups is 1. The SMILES string of the molecule is O=C(Nc1nnc(C2CC2)o1)c1ccc(=O)[nH]n1. The number of anilines is 1. The Balaban J connectivity index is 1.72. The van der Waals surface area contributed by atoms with Crippen LogP contribution in [0.15, 0.2) is 21.3 Å². The number of nitrogens with one attached hydrogen (secondary N) is 2. The van der Waals surface area contributed by atoms with Gasteiger partial charge in [-0.25, -0.2) is 5.10 Å². The summed E-state index contributed by atoms with van der Waals surface area (Å²) in [6.45, 7) is 0. The number of hydrogen-bond donors (Lipinski definition) is 2. The first-order chi connectivity index (χ1) is 8.72. The van der Waals surface area contributed by atoms with Crippen LogP contribution in [-0.2, 0) is 0 Å². The van der Waals surface area contributed by atoms with Crippen LogP contribution in [0.5, 0.6) is 0 Å². The number of aromatic nitrogens is 4. The molecule has 0 aliphatic heterocycles. The van der Waals surface area contributed by atoms with Gasteiger partial charge >= 0.3 is 6.01 Å². The zero-order chi connectivity index (χ0) is 12.5. The van der Waals surface area contributed by atoms with Gasteiger partial charge in [-0.3, -0.25) is 14.9 Å². The third-order valence-electron chi connectivity index (χ3n) is 2.50. The molecule has 0 aromatic carbocycles. The Labute approximate surface area is 100 Å². The molecule has 1 aliphatic rings. The molecule has 0 radical (unpaired) electrons. The van der Waals surface area contributed by atoms with E-state index in [2.05, 4.69) is 25.7 Å². The fourth-order valence-corrected chi connectivity index (χ4v) is 1.41. The number of nitrogens with zero attached hydrogens (tertiary/aromatic N) is 3. The number of hydrogen-bond acceptors (Lipinski definition) is 6. The van der Waals surface area contributed by atoms with Gasteiger partial charge in [-0.05, 0) is 18.9 Å². The molecule has 1 amide bonds. The molecule has 0 unspecified atom stereocenters. The molecule has 1 saturated carbocycles. The van der Waals surface area contributed by atoms with Gasteiger partial charge in [0, 0.05) is 12.0 Å². The van der Waals surface area contributed by atoms with Crippen molar-refractivity contribution in [3.05, 3.63) is 34.1 Å². The molecular weight excluding hydrogens is 238 g/mol. The van der Waals surface area contributed by atoms with Crippen molar-refractivity contribution in [1.29, 1.82) is 0 Å². The van der Waals surface area contributed by atoms with Gasteiger partial charge in [0.05, 0.1) is 0 Å². The molecule has 1 aliphatic carbocycles. The lowest BCUT2D eigenvalue weighted by atomic mass is 10.4. The highest BCUT2D eigenvalue weighted by Gasteiger charge is 2.29. The summed E-state index contributed by atoms with van der Waals surface area (Å²) >= 11 is 0. The lowest BCUT2D eigenvalue weighted by Crippen LogP contribution is -2.17. The van der Waals surface area contributed by atoms with E-state index >= 15 is 0 Å². The molecule has 2 aromatic heterocycles. The van der Waals surface area contributed by atoms with E-state index in [0.717, 1.165) is 12.8 Å². The maximum atomic E-state index is 11.7. The van der Waals surface area contributed by atoms with E-state index < -0.39 is 5.91 Å². The summed E-state index contributed by atoms with van der Waals surface area (Å²) in [6, 6.07) is 2.56. The summed E-state index contributed by atoms with van der Waals surface area (Å²) in [5.41, 5.74) is -0.305. The van der Waals surface area contributed by atoms with Crippen molar-refractivity contribution in [2.24, 2.45) is 0 Å². The second-order valence-corrected chi connectivity index (χ2v) is 3.98. The summed E-state index contributed by atoms with van der Waals surface area (Å²) in [6.07, 6.45) is 2.08. The zero-order valence-electron chi connectivity index (χ0n) is 9.21. The maximum Gasteiger partial charge on any atom is 0.322 e.